The minimum absolute atomic E-state index is 0.254. The van der Waals surface area contributed by atoms with Crippen LogP contribution in [-0.4, -0.2) is 33.5 Å². The van der Waals surface area contributed by atoms with Crippen LogP contribution in [0.4, 0.5) is 10.1 Å². The highest BCUT2D eigenvalue weighted by molar-refractivity contribution is 5.40. The molecule has 0 saturated heterocycles. The number of benzene rings is 1. The zero-order chi connectivity index (χ0) is 13.2. The van der Waals surface area contributed by atoms with Gasteiger partial charge in [0.25, 0.3) is 0 Å². The lowest BCUT2D eigenvalue weighted by molar-refractivity contribution is 0.0479. The topological polar surface area (TPSA) is 53.7 Å². The number of anilines is 1. The molecule has 0 saturated carbocycles. The van der Waals surface area contributed by atoms with Crippen molar-refractivity contribution >= 4 is 5.69 Å². The number of methoxy groups -OCH3 is 1. The van der Waals surface area contributed by atoms with Crippen molar-refractivity contribution in [2.45, 2.75) is 13.0 Å². The van der Waals surface area contributed by atoms with E-state index in [1.165, 1.54) is 6.07 Å². The predicted octanol–water partition coefficient (Wildman–Crippen LogP) is 1.98. The highest BCUT2D eigenvalue weighted by Gasteiger charge is 2.02. The van der Waals surface area contributed by atoms with Crippen LogP contribution >= 0.6 is 0 Å². The number of hydrogen-bond acceptors (Lipinski definition) is 4. The Morgan fingerprint density at radius 3 is 2.61 bits per heavy atom. The van der Waals surface area contributed by atoms with Crippen LogP contribution in [0, 0.1) is 5.82 Å². The number of nitrogens with two attached hydrogens (primary N) is 1. The molecule has 0 fully saturated rings. The fourth-order valence-electron chi connectivity index (χ4n) is 1.37. The van der Waals surface area contributed by atoms with E-state index in [0.29, 0.717) is 37.7 Å². The summed E-state index contributed by atoms with van der Waals surface area (Å²) in [4.78, 5) is 0. The lowest BCUT2D eigenvalue weighted by Gasteiger charge is -2.06. The Balaban J connectivity index is 2.07. The summed E-state index contributed by atoms with van der Waals surface area (Å²) in [6.07, 6.45) is 0.778. The molecule has 0 spiro atoms. The molecule has 0 atom stereocenters. The molecule has 102 valence electrons. The van der Waals surface area contributed by atoms with Crippen LogP contribution in [-0.2, 0) is 20.8 Å². The van der Waals surface area contributed by atoms with Gasteiger partial charge in [0, 0.05) is 31.6 Å². The van der Waals surface area contributed by atoms with Crippen molar-refractivity contribution in [1.29, 1.82) is 0 Å². The van der Waals surface area contributed by atoms with Gasteiger partial charge in [-0.1, -0.05) is 6.07 Å². The van der Waals surface area contributed by atoms with E-state index >= 15 is 0 Å². The largest absolute Gasteiger partial charge is 0.399 e. The molecular formula is C13H20FNO3. The van der Waals surface area contributed by atoms with Crippen molar-refractivity contribution in [3.05, 3.63) is 29.6 Å². The molecular weight excluding hydrogens is 237 g/mol. The molecule has 0 aliphatic heterocycles. The number of nitrogen functional groups attached to an aromatic ring is 1. The second-order valence-electron chi connectivity index (χ2n) is 3.86. The van der Waals surface area contributed by atoms with Gasteiger partial charge in [0.1, 0.15) is 5.82 Å². The summed E-state index contributed by atoms with van der Waals surface area (Å²) < 4.78 is 28.8. The zero-order valence-corrected chi connectivity index (χ0v) is 10.7. The summed E-state index contributed by atoms with van der Waals surface area (Å²) in [5.41, 5.74) is 6.39. The summed E-state index contributed by atoms with van der Waals surface area (Å²) in [5.74, 6) is -0.327. The lowest BCUT2D eigenvalue weighted by atomic mass is 10.2. The summed E-state index contributed by atoms with van der Waals surface area (Å²) >= 11 is 0. The third-order valence-corrected chi connectivity index (χ3v) is 2.34. The minimum atomic E-state index is -0.327. The fourth-order valence-corrected chi connectivity index (χ4v) is 1.37. The van der Waals surface area contributed by atoms with Crippen LogP contribution in [0.3, 0.4) is 0 Å². The zero-order valence-electron chi connectivity index (χ0n) is 10.7. The molecule has 0 bridgehead atoms. The van der Waals surface area contributed by atoms with Crippen molar-refractivity contribution in [1.82, 2.24) is 0 Å². The first-order valence-electron chi connectivity index (χ1n) is 5.92. The highest BCUT2D eigenvalue weighted by atomic mass is 19.1. The van der Waals surface area contributed by atoms with Gasteiger partial charge in [-0.2, -0.15) is 0 Å². The molecule has 0 radical (unpaired) electrons. The van der Waals surface area contributed by atoms with E-state index in [1.807, 2.05) is 0 Å². The second kappa shape index (κ2) is 8.85. The van der Waals surface area contributed by atoms with E-state index in [0.717, 1.165) is 6.42 Å². The molecule has 0 aliphatic rings. The van der Waals surface area contributed by atoms with E-state index in [1.54, 1.807) is 19.2 Å². The minimum Gasteiger partial charge on any atom is -0.399 e. The number of hydrogen-bond donors (Lipinski definition) is 1. The van der Waals surface area contributed by atoms with Gasteiger partial charge in [-0.15, -0.1) is 0 Å². The monoisotopic (exact) mass is 257 g/mol. The molecule has 18 heavy (non-hydrogen) atoms. The lowest BCUT2D eigenvalue weighted by Crippen LogP contribution is -2.06. The van der Waals surface area contributed by atoms with Crippen LogP contribution in [0.2, 0.25) is 0 Å². The maximum absolute atomic E-state index is 13.4. The number of halogens is 1. The maximum Gasteiger partial charge on any atom is 0.130 e. The number of ether oxygens (including phenoxy) is 3. The fraction of sp³-hybridized carbons (Fsp3) is 0.538. The Labute approximate surface area is 107 Å². The molecule has 0 aromatic heterocycles. The third kappa shape index (κ3) is 5.95. The molecule has 4 nitrogen and oxygen atoms in total. The Kier molecular flexibility index (Phi) is 7.32. The van der Waals surface area contributed by atoms with Crippen LogP contribution in [0.15, 0.2) is 18.2 Å². The normalized spacial score (nSPS) is 10.8. The summed E-state index contributed by atoms with van der Waals surface area (Å²) in [5, 5.41) is 0. The Morgan fingerprint density at radius 1 is 1.11 bits per heavy atom. The molecule has 0 unspecified atom stereocenters. The van der Waals surface area contributed by atoms with Crippen LogP contribution < -0.4 is 5.73 Å². The van der Waals surface area contributed by atoms with Crippen molar-refractivity contribution in [2.75, 3.05) is 39.3 Å². The number of rotatable bonds is 9. The first-order valence-corrected chi connectivity index (χ1v) is 5.92. The van der Waals surface area contributed by atoms with Crippen LogP contribution in [0.25, 0.3) is 0 Å². The first kappa shape index (κ1) is 14.9. The standard InChI is InChI=1S/C13H20FNO3/c1-16-7-8-17-5-2-6-18-10-11-3-4-12(15)9-13(11)14/h3-4,9H,2,5-8,10,15H2,1H3. The summed E-state index contributed by atoms with van der Waals surface area (Å²) in [6, 6.07) is 4.60. The van der Waals surface area contributed by atoms with Gasteiger partial charge in [-0.25, -0.2) is 4.39 Å². The van der Waals surface area contributed by atoms with E-state index < -0.39 is 0 Å². The van der Waals surface area contributed by atoms with Gasteiger partial charge in [-0.05, 0) is 18.6 Å². The molecule has 1 rings (SSSR count). The predicted molar refractivity (Wildman–Crippen MR) is 67.8 cm³/mol. The van der Waals surface area contributed by atoms with Crippen LogP contribution in [0.5, 0.6) is 0 Å². The van der Waals surface area contributed by atoms with Gasteiger partial charge in [0.2, 0.25) is 0 Å². The molecule has 1 aromatic rings. The van der Waals surface area contributed by atoms with Gasteiger partial charge >= 0.3 is 0 Å². The molecule has 0 amide bonds. The van der Waals surface area contributed by atoms with E-state index in [9.17, 15) is 4.39 Å². The molecule has 0 aliphatic carbocycles. The third-order valence-electron chi connectivity index (χ3n) is 2.34. The van der Waals surface area contributed by atoms with Crippen molar-refractivity contribution in [3.8, 4) is 0 Å². The Bertz CT molecular complexity index is 347. The van der Waals surface area contributed by atoms with Gasteiger partial charge in [-0.3, -0.25) is 0 Å². The maximum atomic E-state index is 13.4. The molecule has 5 heteroatoms. The Hall–Kier alpha value is -1.17. The molecule has 2 N–H and O–H groups in total. The van der Waals surface area contributed by atoms with Crippen molar-refractivity contribution in [3.63, 3.8) is 0 Å². The quantitative estimate of drug-likeness (QED) is 0.543. The van der Waals surface area contributed by atoms with Crippen LogP contribution in [0.1, 0.15) is 12.0 Å². The first-order chi connectivity index (χ1) is 8.74. The van der Waals surface area contributed by atoms with E-state index in [-0.39, 0.29) is 12.4 Å². The van der Waals surface area contributed by atoms with Gasteiger partial charge in [0.15, 0.2) is 0 Å². The average Bonchev–Trinajstić information content (AvgIpc) is 2.35. The van der Waals surface area contributed by atoms with E-state index in [4.69, 9.17) is 19.9 Å². The van der Waals surface area contributed by atoms with Gasteiger partial charge < -0.3 is 19.9 Å². The van der Waals surface area contributed by atoms with Crippen molar-refractivity contribution in [2.24, 2.45) is 0 Å². The highest BCUT2D eigenvalue weighted by Crippen LogP contribution is 2.12. The Morgan fingerprint density at radius 2 is 1.89 bits per heavy atom. The molecule has 1 aromatic carbocycles. The smallest absolute Gasteiger partial charge is 0.130 e. The summed E-state index contributed by atoms with van der Waals surface area (Å²) in [7, 11) is 1.63. The van der Waals surface area contributed by atoms with Crippen molar-refractivity contribution < 1.29 is 18.6 Å². The SMILES string of the molecule is COCCOCCCOCc1ccc(N)cc1F. The molecule has 0 heterocycles. The van der Waals surface area contributed by atoms with Gasteiger partial charge in [0.05, 0.1) is 19.8 Å². The average molecular weight is 257 g/mol. The second-order valence-corrected chi connectivity index (χ2v) is 3.86. The summed E-state index contributed by atoms with van der Waals surface area (Å²) in [6.45, 7) is 2.59. The van der Waals surface area contributed by atoms with E-state index in [2.05, 4.69) is 0 Å².